The van der Waals surface area contributed by atoms with E-state index < -0.39 is 5.60 Å². The van der Waals surface area contributed by atoms with Crippen molar-refractivity contribution in [2.24, 2.45) is 23.7 Å². The maximum absolute atomic E-state index is 10.0. The molecule has 0 saturated heterocycles. The van der Waals surface area contributed by atoms with Gasteiger partial charge in [0.15, 0.2) is 0 Å². The molecule has 2 aliphatic carbocycles. The van der Waals surface area contributed by atoms with Crippen molar-refractivity contribution in [2.75, 3.05) is 0 Å². The van der Waals surface area contributed by atoms with Gasteiger partial charge in [0.1, 0.15) is 0 Å². The topological polar surface area (TPSA) is 20.2 Å². The first-order valence-corrected chi connectivity index (χ1v) is 9.43. The normalized spacial score (nSPS) is 31.5. The van der Waals surface area contributed by atoms with Crippen molar-refractivity contribution in [1.29, 1.82) is 0 Å². The number of hydrogen-bond acceptors (Lipinski definition) is 1. The van der Waals surface area contributed by atoms with Crippen molar-refractivity contribution in [3.8, 4) is 0 Å². The van der Waals surface area contributed by atoms with Gasteiger partial charge in [0.2, 0.25) is 0 Å². The van der Waals surface area contributed by atoms with Gasteiger partial charge in [-0.1, -0.05) is 56.2 Å². The molecule has 0 heterocycles. The first-order valence-electron chi connectivity index (χ1n) is 9.43. The molecule has 0 spiro atoms. The smallest absolute Gasteiger partial charge is 0.0840 e. The van der Waals surface area contributed by atoms with Gasteiger partial charge >= 0.3 is 0 Å². The molecule has 4 atom stereocenters. The van der Waals surface area contributed by atoms with Crippen molar-refractivity contribution in [1.82, 2.24) is 0 Å². The molecule has 1 aromatic carbocycles. The van der Waals surface area contributed by atoms with E-state index in [1.54, 1.807) is 0 Å². The average Bonchev–Trinajstić information content (AvgIpc) is 2.84. The summed E-state index contributed by atoms with van der Waals surface area (Å²) in [5, 5.41) is 10.0. The van der Waals surface area contributed by atoms with Crippen molar-refractivity contribution in [3.63, 3.8) is 0 Å². The molecule has 0 radical (unpaired) electrons. The molecule has 1 heteroatoms. The zero-order valence-electron chi connectivity index (χ0n) is 15.0. The Morgan fingerprint density at radius 1 is 1.09 bits per heavy atom. The van der Waals surface area contributed by atoms with Crippen LogP contribution in [0.1, 0.15) is 64.0 Å². The van der Waals surface area contributed by atoms with Crippen LogP contribution in [-0.4, -0.2) is 5.11 Å². The highest BCUT2D eigenvalue weighted by atomic mass is 16.3. The summed E-state index contributed by atoms with van der Waals surface area (Å²) in [6.07, 6.45) is 13.1. The molecule has 1 nitrogen and oxygen atoms in total. The summed E-state index contributed by atoms with van der Waals surface area (Å²) in [4.78, 5) is 0. The first-order chi connectivity index (χ1) is 10.9. The fraction of sp³-hybridized carbons (Fsp3) is 0.636. The summed E-state index contributed by atoms with van der Waals surface area (Å²) in [5.41, 5.74) is 1.57. The van der Waals surface area contributed by atoms with E-state index in [0.717, 1.165) is 35.7 Å². The van der Waals surface area contributed by atoms with Gasteiger partial charge in [0.05, 0.1) is 5.60 Å². The Hall–Kier alpha value is -1.08. The Kier molecular flexibility index (Phi) is 4.96. The molecular weight excluding hydrogens is 280 g/mol. The summed E-state index contributed by atoms with van der Waals surface area (Å²) in [6, 6.07) is 8.41. The molecule has 0 bridgehead atoms. The number of aliphatic hydroxyl groups is 1. The van der Waals surface area contributed by atoms with Crippen LogP contribution in [-0.2, 0) is 12.0 Å². The second-order valence-electron chi connectivity index (χ2n) is 8.38. The molecular formula is C22H32O. The lowest BCUT2D eigenvalue weighted by atomic mass is 9.76. The van der Waals surface area contributed by atoms with Crippen LogP contribution >= 0.6 is 0 Å². The monoisotopic (exact) mass is 312 g/mol. The summed E-state index contributed by atoms with van der Waals surface area (Å²) < 4.78 is 0. The van der Waals surface area contributed by atoms with Crippen LogP contribution in [0, 0.1) is 23.7 Å². The third-order valence-corrected chi connectivity index (χ3v) is 6.20. The van der Waals surface area contributed by atoms with Crippen molar-refractivity contribution < 1.29 is 5.11 Å². The zero-order chi connectivity index (χ0) is 16.4. The number of fused-ring (bicyclic) bond motifs is 1. The fourth-order valence-corrected chi connectivity index (χ4v) is 4.85. The van der Waals surface area contributed by atoms with E-state index in [1.165, 1.54) is 37.7 Å². The number of rotatable bonds is 4. The van der Waals surface area contributed by atoms with Gasteiger partial charge in [-0.05, 0) is 74.3 Å². The Bertz CT molecular complexity index is 534. The predicted molar refractivity (Wildman–Crippen MR) is 97.2 cm³/mol. The predicted octanol–water partition coefficient (Wildman–Crippen LogP) is 5.48. The lowest BCUT2D eigenvalue weighted by Crippen LogP contribution is -2.20. The van der Waals surface area contributed by atoms with Crippen LogP contribution < -0.4 is 0 Å². The summed E-state index contributed by atoms with van der Waals surface area (Å²) in [7, 11) is 0. The number of allylic oxidation sites excluding steroid dienone is 2. The quantitative estimate of drug-likeness (QED) is 0.730. The Labute approximate surface area is 141 Å². The van der Waals surface area contributed by atoms with Gasteiger partial charge in [-0.3, -0.25) is 0 Å². The first kappa shape index (κ1) is 16.8. The van der Waals surface area contributed by atoms with Gasteiger partial charge in [0.25, 0.3) is 0 Å². The largest absolute Gasteiger partial charge is 0.386 e. The second kappa shape index (κ2) is 6.81. The summed E-state index contributed by atoms with van der Waals surface area (Å²) in [5.74, 6) is 3.67. The molecule has 2 saturated carbocycles. The van der Waals surface area contributed by atoms with Crippen molar-refractivity contribution in [2.45, 2.75) is 64.9 Å². The second-order valence-corrected chi connectivity index (χ2v) is 8.38. The molecule has 1 aromatic rings. The summed E-state index contributed by atoms with van der Waals surface area (Å²) >= 11 is 0. The van der Waals surface area contributed by atoms with Gasteiger partial charge in [0, 0.05) is 0 Å². The van der Waals surface area contributed by atoms with E-state index in [2.05, 4.69) is 43.3 Å². The van der Waals surface area contributed by atoms with Crippen LogP contribution in [0.15, 0.2) is 36.4 Å². The van der Waals surface area contributed by atoms with Crippen LogP contribution in [0.3, 0.4) is 0 Å². The molecule has 2 aliphatic rings. The van der Waals surface area contributed by atoms with Gasteiger partial charge in [-0.15, -0.1) is 0 Å². The fourth-order valence-electron chi connectivity index (χ4n) is 4.85. The maximum atomic E-state index is 10.0. The third kappa shape index (κ3) is 3.88. The Morgan fingerprint density at radius 3 is 2.39 bits per heavy atom. The molecule has 1 N–H and O–H groups in total. The van der Waals surface area contributed by atoms with Gasteiger partial charge in [-0.2, -0.15) is 0 Å². The highest BCUT2D eigenvalue weighted by Crippen LogP contribution is 2.49. The van der Waals surface area contributed by atoms with E-state index in [-0.39, 0.29) is 0 Å². The van der Waals surface area contributed by atoms with E-state index in [4.69, 9.17) is 0 Å². The van der Waals surface area contributed by atoms with E-state index in [1.807, 2.05) is 13.8 Å². The number of benzene rings is 1. The average molecular weight is 312 g/mol. The minimum atomic E-state index is -0.746. The van der Waals surface area contributed by atoms with E-state index in [0.29, 0.717) is 0 Å². The Morgan fingerprint density at radius 2 is 1.74 bits per heavy atom. The van der Waals surface area contributed by atoms with Crippen molar-refractivity contribution >= 4 is 0 Å². The van der Waals surface area contributed by atoms with Crippen LogP contribution in [0.2, 0.25) is 0 Å². The minimum Gasteiger partial charge on any atom is -0.386 e. The molecule has 3 rings (SSSR count). The molecule has 0 aliphatic heterocycles. The lowest BCUT2D eigenvalue weighted by molar-refractivity contribution is 0.0786. The molecule has 23 heavy (non-hydrogen) atoms. The van der Waals surface area contributed by atoms with Gasteiger partial charge < -0.3 is 5.11 Å². The zero-order valence-corrected chi connectivity index (χ0v) is 15.0. The van der Waals surface area contributed by atoms with E-state index in [9.17, 15) is 5.11 Å². The number of hydrogen-bond donors (Lipinski definition) is 1. The van der Waals surface area contributed by atoms with Gasteiger partial charge in [-0.25, -0.2) is 0 Å². The molecule has 3 unspecified atom stereocenters. The molecule has 126 valence electrons. The Balaban J connectivity index is 1.58. The minimum absolute atomic E-state index is 0.746. The van der Waals surface area contributed by atoms with E-state index >= 15 is 0 Å². The standard InChI is InChI=1S/C22H32O/c1-16-15-18(21-10-5-4-9-20(16)21)8-6-7-17-11-13-19(14-12-17)22(2,3)23/h6,8,11-14,16,18,20-21,23H,4-5,7,9-10,15H2,1-3H3/t16-,18?,20?,21?/m0/s1. The molecule has 0 amide bonds. The summed E-state index contributed by atoms with van der Waals surface area (Å²) in [6.45, 7) is 6.14. The van der Waals surface area contributed by atoms with Crippen molar-refractivity contribution in [3.05, 3.63) is 47.5 Å². The molecule has 2 fully saturated rings. The molecule has 0 aromatic heterocycles. The van der Waals surface area contributed by atoms with Crippen LogP contribution in [0.4, 0.5) is 0 Å². The van der Waals surface area contributed by atoms with Crippen LogP contribution in [0.5, 0.6) is 0 Å². The highest BCUT2D eigenvalue weighted by molar-refractivity contribution is 5.27. The lowest BCUT2D eigenvalue weighted by Gasteiger charge is -2.29. The SMILES string of the molecule is C[C@H]1CC(C=CCc2ccc(C(C)(C)O)cc2)C2CCCCC21. The maximum Gasteiger partial charge on any atom is 0.0840 e. The third-order valence-electron chi connectivity index (χ3n) is 6.20. The highest BCUT2D eigenvalue weighted by Gasteiger charge is 2.40. The van der Waals surface area contributed by atoms with Crippen LogP contribution in [0.25, 0.3) is 0 Å².